The van der Waals surface area contributed by atoms with Crippen LogP contribution in [-0.2, 0) is 4.79 Å². The number of carbonyl (C=O) groups is 1. The van der Waals surface area contributed by atoms with Crippen LogP contribution in [0.15, 0.2) is 48.5 Å². The maximum Gasteiger partial charge on any atom is 0.225 e. The first-order valence-electron chi connectivity index (χ1n) is 6.96. The minimum absolute atomic E-state index is 0.00319. The standard InChI is InChI=1S/C17H20N2O2/c1-13-3-7-15(8-4-13)21-16-9-5-14(6-10-16)19-17(20)11-12-18-2/h3-10,18H,11-12H2,1-2H3,(H,19,20). The summed E-state index contributed by atoms with van der Waals surface area (Å²) in [4.78, 5) is 11.6. The predicted molar refractivity (Wildman–Crippen MR) is 84.9 cm³/mol. The average Bonchev–Trinajstić information content (AvgIpc) is 2.49. The zero-order valence-corrected chi connectivity index (χ0v) is 12.3. The Bertz CT molecular complexity index is 577. The molecule has 0 aromatic heterocycles. The van der Waals surface area contributed by atoms with E-state index in [2.05, 4.69) is 10.6 Å². The number of hydrogen-bond acceptors (Lipinski definition) is 3. The highest BCUT2D eigenvalue weighted by molar-refractivity contribution is 5.90. The van der Waals surface area contributed by atoms with Gasteiger partial charge in [0.1, 0.15) is 11.5 Å². The lowest BCUT2D eigenvalue weighted by Crippen LogP contribution is -2.18. The fraction of sp³-hybridized carbons (Fsp3) is 0.235. The summed E-state index contributed by atoms with van der Waals surface area (Å²) in [7, 11) is 1.82. The summed E-state index contributed by atoms with van der Waals surface area (Å²) in [5.74, 6) is 1.54. The molecule has 0 unspecified atom stereocenters. The quantitative estimate of drug-likeness (QED) is 0.855. The molecule has 0 radical (unpaired) electrons. The fourth-order valence-electron chi connectivity index (χ4n) is 1.81. The van der Waals surface area contributed by atoms with E-state index in [-0.39, 0.29) is 5.91 Å². The molecule has 0 fully saturated rings. The summed E-state index contributed by atoms with van der Waals surface area (Å²) in [6, 6.07) is 15.2. The zero-order chi connectivity index (χ0) is 15.1. The summed E-state index contributed by atoms with van der Waals surface area (Å²) in [5, 5.41) is 5.78. The van der Waals surface area contributed by atoms with Crippen LogP contribution in [0.4, 0.5) is 5.69 Å². The lowest BCUT2D eigenvalue weighted by atomic mass is 10.2. The topological polar surface area (TPSA) is 50.4 Å². The van der Waals surface area contributed by atoms with Gasteiger partial charge in [-0.2, -0.15) is 0 Å². The Labute approximate surface area is 125 Å². The van der Waals surface area contributed by atoms with Crippen LogP contribution in [0.5, 0.6) is 11.5 Å². The van der Waals surface area contributed by atoms with Gasteiger partial charge in [0.25, 0.3) is 0 Å². The average molecular weight is 284 g/mol. The first-order chi connectivity index (χ1) is 10.2. The molecule has 0 aliphatic carbocycles. The van der Waals surface area contributed by atoms with Crippen LogP contribution in [-0.4, -0.2) is 19.5 Å². The third kappa shape index (κ3) is 4.93. The number of carbonyl (C=O) groups excluding carboxylic acids is 1. The van der Waals surface area contributed by atoms with Crippen LogP contribution in [0.1, 0.15) is 12.0 Å². The van der Waals surface area contributed by atoms with Gasteiger partial charge in [-0.15, -0.1) is 0 Å². The Morgan fingerprint density at radius 3 is 2.14 bits per heavy atom. The molecule has 0 bridgehead atoms. The Balaban J connectivity index is 1.92. The Morgan fingerprint density at radius 2 is 1.57 bits per heavy atom. The van der Waals surface area contributed by atoms with Crippen molar-refractivity contribution < 1.29 is 9.53 Å². The molecule has 0 atom stereocenters. The van der Waals surface area contributed by atoms with Crippen LogP contribution in [0.25, 0.3) is 0 Å². The van der Waals surface area contributed by atoms with Gasteiger partial charge in [0.05, 0.1) is 0 Å². The first kappa shape index (κ1) is 15.1. The Morgan fingerprint density at radius 1 is 1.00 bits per heavy atom. The molecule has 2 aromatic carbocycles. The number of aryl methyl sites for hydroxylation is 1. The van der Waals surface area contributed by atoms with Crippen molar-refractivity contribution in [1.82, 2.24) is 5.32 Å². The van der Waals surface area contributed by atoms with Crippen molar-refractivity contribution >= 4 is 11.6 Å². The van der Waals surface area contributed by atoms with E-state index < -0.39 is 0 Å². The molecule has 0 aliphatic rings. The van der Waals surface area contributed by atoms with Gasteiger partial charge in [-0.25, -0.2) is 0 Å². The number of ether oxygens (including phenoxy) is 1. The largest absolute Gasteiger partial charge is 0.457 e. The predicted octanol–water partition coefficient (Wildman–Crippen LogP) is 3.34. The normalized spacial score (nSPS) is 10.2. The van der Waals surface area contributed by atoms with Gasteiger partial charge in [-0.1, -0.05) is 17.7 Å². The SMILES string of the molecule is CNCCC(=O)Nc1ccc(Oc2ccc(C)cc2)cc1. The van der Waals surface area contributed by atoms with E-state index in [9.17, 15) is 4.79 Å². The van der Waals surface area contributed by atoms with E-state index >= 15 is 0 Å². The maximum absolute atomic E-state index is 11.6. The van der Waals surface area contributed by atoms with Crippen molar-refractivity contribution in [3.05, 3.63) is 54.1 Å². The highest BCUT2D eigenvalue weighted by Gasteiger charge is 2.02. The molecule has 2 rings (SSSR count). The van der Waals surface area contributed by atoms with Gasteiger partial charge in [0, 0.05) is 18.7 Å². The lowest BCUT2D eigenvalue weighted by Gasteiger charge is -2.08. The highest BCUT2D eigenvalue weighted by Crippen LogP contribution is 2.23. The van der Waals surface area contributed by atoms with Gasteiger partial charge in [-0.05, 0) is 50.4 Å². The van der Waals surface area contributed by atoms with E-state index in [0.717, 1.165) is 17.2 Å². The molecule has 2 N–H and O–H groups in total. The molecule has 4 heteroatoms. The van der Waals surface area contributed by atoms with Crippen molar-refractivity contribution in [2.24, 2.45) is 0 Å². The third-order valence-electron chi connectivity index (χ3n) is 3.00. The Hall–Kier alpha value is -2.33. The number of benzene rings is 2. The van der Waals surface area contributed by atoms with Crippen molar-refractivity contribution in [3.8, 4) is 11.5 Å². The molecule has 1 amide bonds. The zero-order valence-electron chi connectivity index (χ0n) is 12.3. The molecule has 4 nitrogen and oxygen atoms in total. The van der Waals surface area contributed by atoms with E-state index in [0.29, 0.717) is 13.0 Å². The second-order valence-corrected chi connectivity index (χ2v) is 4.84. The van der Waals surface area contributed by atoms with Gasteiger partial charge in [0.2, 0.25) is 5.91 Å². The smallest absolute Gasteiger partial charge is 0.225 e. The molecule has 0 heterocycles. The monoisotopic (exact) mass is 284 g/mol. The fourth-order valence-corrected chi connectivity index (χ4v) is 1.81. The molecular weight excluding hydrogens is 264 g/mol. The van der Waals surface area contributed by atoms with Crippen LogP contribution < -0.4 is 15.4 Å². The summed E-state index contributed by atoms with van der Waals surface area (Å²) in [6.07, 6.45) is 0.456. The van der Waals surface area contributed by atoms with Crippen LogP contribution in [0.2, 0.25) is 0 Å². The van der Waals surface area contributed by atoms with Crippen molar-refractivity contribution in [3.63, 3.8) is 0 Å². The molecule has 2 aromatic rings. The van der Waals surface area contributed by atoms with Crippen molar-refractivity contribution in [1.29, 1.82) is 0 Å². The molecular formula is C17H20N2O2. The van der Waals surface area contributed by atoms with Crippen molar-refractivity contribution in [2.75, 3.05) is 18.9 Å². The number of amides is 1. The van der Waals surface area contributed by atoms with E-state index in [1.54, 1.807) is 0 Å². The van der Waals surface area contributed by atoms with E-state index in [4.69, 9.17) is 4.74 Å². The highest BCUT2D eigenvalue weighted by atomic mass is 16.5. The van der Waals surface area contributed by atoms with Crippen LogP contribution in [0.3, 0.4) is 0 Å². The molecule has 0 spiro atoms. The number of rotatable bonds is 6. The van der Waals surface area contributed by atoms with Crippen LogP contribution >= 0.6 is 0 Å². The summed E-state index contributed by atoms with van der Waals surface area (Å²) >= 11 is 0. The summed E-state index contributed by atoms with van der Waals surface area (Å²) < 4.78 is 5.74. The molecule has 0 saturated carbocycles. The minimum Gasteiger partial charge on any atom is -0.457 e. The molecule has 0 aliphatic heterocycles. The minimum atomic E-state index is -0.00319. The second-order valence-electron chi connectivity index (χ2n) is 4.84. The lowest BCUT2D eigenvalue weighted by molar-refractivity contribution is -0.116. The van der Waals surface area contributed by atoms with Crippen molar-refractivity contribution in [2.45, 2.75) is 13.3 Å². The summed E-state index contributed by atoms with van der Waals surface area (Å²) in [6.45, 7) is 2.70. The molecule has 21 heavy (non-hydrogen) atoms. The van der Waals surface area contributed by atoms with Gasteiger partial charge in [0.15, 0.2) is 0 Å². The number of anilines is 1. The first-order valence-corrected chi connectivity index (χ1v) is 6.96. The molecule has 110 valence electrons. The summed E-state index contributed by atoms with van der Waals surface area (Å²) in [5.41, 5.74) is 1.97. The van der Waals surface area contributed by atoms with Gasteiger partial charge in [-0.3, -0.25) is 4.79 Å². The van der Waals surface area contributed by atoms with Crippen LogP contribution in [0, 0.1) is 6.92 Å². The number of nitrogens with one attached hydrogen (secondary N) is 2. The Kier molecular flexibility index (Phi) is 5.35. The maximum atomic E-state index is 11.6. The van der Waals surface area contributed by atoms with E-state index in [1.165, 1.54) is 5.56 Å². The van der Waals surface area contributed by atoms with Gasteiger partial charge < -0.3 is 15.4 Å². The second kappa shape index (κ2) is 7.45. The third-order valence-corrected chi connectivity index (χ3v) is 3.00. The number of hydrogen-bond donors (Lipinski definition) is 2. The van der Waals surface area contributed by atoms with Gasteiger partial charge >= 0.3 is 0 Å². The van der Waals surface area contributed by atoms with E-state index in [1.807, 2.05) is 62.5 Å². The molecule has 0 saturated heterocycles.